The molecule has 3 unspecified atom stereocenters. The second-order valence-electron chi connectivity index (χ2n) is 5.29. The van der Waals surface area contributed by atoms with Crippen LogP contribution in [0.3, 0.4) is 0 Å². The van der Waals surface area contributed by atoms with E-state index in [9.17, 15) is 18.0 Å². The lowest BCUT2D eigenvalue weighted by Crippen LogP contribution is -2.43. The van der Waals surface area contributed by atoms with Crippen molar-refractivity contribution in [1.82, 2.24) is 10.3 Å². The van der Waals surface area contributed by atoms with E-state index in [4.69, 9.17) is 10.8 Å². The summed E-state index contributed by atoms with van der Waals surface area (Å²) in [5, 5.41) is 10.9. The van der Waals surface area contributed by atoms with Crippen molar-refractivity contribution < 1.29 is 23.1 Å². The van der Waals surface area contributed by atoms with E-state index in [-0.39, 0.29) is 12.8 Å². The summed E-state index contributed by atoms with van der Waals surface area (Å²) in [6.45, 7) is 0. The molecule has 4 N–H and O–H groups in total. The maximum atomic E-state index is 13.0. The Morgan fingerprint density at radius 2 is 2.10 bits per heavy atom. The number of carboxylic acid groups (broad SMARTS) is 1. The zero-order valence-electron chi connectivity index (χ0n) is 11.1. The summed E-state index contributed by atoms with van der Waals surface area (Å²) in [5.41, 5.74) is 6.70. The molecule has 1 aromatic rings. The lowest BCUT2D eigenvalue weighted by molar-refractivity contribution is -0.185. The summed E-state index contributed by atoms with van der Waals surface area (Å²) in [6.07, 6.45) is -2.82. The van der Waals surface area contributed by atoms with E-state index in [1.54, 1.807) is 6.07 Å². The van der Waals surface area contributed by atoms with Crippen molar-refractivity contribution in [3.8, 4) is 0 Å². The second-order valence-corrected chi connectivity index (χ2v) is 5.29. The molecule has 1 amide bonds. The van der Waals surface area contributed by atoms with Gasteiger partial charge in [-0.05, 0) is 36.8 Å². The second kappa shape index (κ2) is 5.79. The van der Waals surface area contributed by atoms with Crippen LogP contribution in [0.2, 0.25) is 0 Å². The zero-order chi connectivity index (χ0) is 15.6. The highest BCUT2D eigenvalue weighted by Crippen LogP contribution is 2.44. The Bertz CT molecular complexity index is 522. The van der Waals surface area contributed by atoms with Gasteiger partial charge in [0.1, 0.15) is 0 Å². The van der Waals surface area contributed by atoms with Gasteiger partial charge in [0.25, 0.3) is 0 Å². The number of nitrogen functional groups attached to an aromatic ring is 1. The van der Waals surface area contributed by atoms with E-state index < -0.39 is 30.1 Å². The first-order valence-corrected chi connectivity index (χ1v) is 6.53. The molecule has 0 spiro atoms. The highest BCUT2D eigenvalue weighted by molar-refractivity contribution is 5.64. The van der Waals surface area contributed by atoms with Crippen LogP contribution in [0.4, 0.5) is 23.7 Å². The van der Waals surface area contributed by atoms with Crippen LogP contribution < -0.4 is 11.1 Å². The van der Waals surface area contributed by atoms with Gasteiger partial charge in [-0.15, -0.1) is 0 Å². The molecule has 1 saturated carbocycles. The van der Waals surface area contributed by atoms with Crippen molar-refractivity contribution in [3.05, 3.63) is 24.0 Å². The van der Waals surface area contributed by atoms with Gasteiger partial charge in [-0.25, -0.2) is 4.79 Å². The van der Waals surface area contributed by atoms with Gasteiger partial charge in [0, 0.05) is 12.2 Å². The van der Waals surface area contributed by atoms with Gasteiger partial charge in [0.15, 0.2) is 0 Å². The largest absolute Gasteiger partial charge is 0.465 e. The molecule has 3 atom stereocenters. The number of nitrogens with two attached hydrogens (primary N) is 1. The van der Waals surface area contributed by atoms with Crippen molar-refractivity contribution in [2.24, 2.45) is 5.92 Å². The van der Waals surface area contributed by atoms with Crippen LogP contribution in [0.15, 0.2) is 18.5 Å². The van der Waals surface area contributed by atoms with Gasteiger partial charge in [0.2, 0.25) is 0 Å². The minimum Gasteiger partial charge on any atom is -0.465 e. The van der Waals surface area contributed by atoms with Crippen LogP contribution in [-0.2, 0) is 0 Å². The van der Waals surface area contributed by atoms with Gasteiger partial charge in [-0.3, -0.25) is 4.98 Å². The molecule has 1 fully saturated rings. The lowest BCUT2D eigenvalue weighted by atomic mass is 9.75. The molecule has 0 aromatic carbocycles. The number of halogens is 3. The number of nitrogens with one attached hydrogen (secondary N) is 1. The Balaban J connectivity index is 2.24. The fourth-order valence-electron chi connectivity index (χ4n) is 2.92. The predicted molar refractivity (Wildman–Crippen MR) is 69.7 cm³/mol. The lowest BCUT2D eigenvalue weighted by Gasteiger charge is -2.36. The van der Waals surface area contributed by atoms with E-state index in [1.807, 2.05) is 0 Å². The number of rotatable bonds is 2. The number of hydrogen-bond acceptors (Lipinski definition) is 3. The highest BCUT2D eigenvalue weighted by Gasteiger charge is 2.45. The molecule has 21 heavy (non-hydrogen) atoms. The smallest absolute Gasteiger partial charge is 0.404 e. The average molecular weight is 303 g/mol. The number of carbonyl (C=O) groups is 1. The molecule has 2 rings (SSSR count). The fraction of sp³-hybridized carbons (Fsp3) is 0.538. The summed E-state index contributed by atoms with van der Waals surface area (Å²) < 4.78 is 39.1. The molecular weight excluding hydrogens is 287 g/mol. The molecule has 5 nitrogen and oxygen atoms in total. The minimum absolute atomic E-state index is 0.0878. The van der Waals surface area contributed by atoms with Gasteiger partial charge in [-0.1, -0.05) is 0 Å². The minimum atomic E-state index is -4.35. The number of hydrogen-bond donors (Lipinski definition) is 3. The van der Waals surface area contributed by atoms with Crippen LogP contribution in [0.1, 0.15) is 30.7 Å². The monoisotopic (exact) mass is 303 g/mol. The molecule has 8 heteroatoms. The van der Waals surface area contributed by atoms with Gasteiger partial charge in [0.05, 0.1) is 17.8 Å². The topological polar surface area (TPSA) is 88.2 Å². The highest BCUT2D eigenvalue weighted by atomic mass is 19.4. The number of alkyl halides is 3. The third kappa shape index (κ3) is 3.77. The third-order valence-corrected chi connectivity index (χ3v) is 3.82. The molecule has 0 bridgehead atoms. The molecule has 116 valence electrons. The molecule has 1 aliphatic carbocycles. The summed E-state index contributed by atoms with van der Waals surface area (Å²) in [4.78, 5) is 14.5. The summed E-state index contributed by atoms with van der Waals surface area (Å²) in [5.74, 6) is -1.98. The molecular formula is C13H16F3N3O2. The summed E-state index contributed by atoms with van der Waals surface area (Å²) in [6, 6.07) is 0.858. The van der Waals surface area contributed by atoms with E-state index in [0.717, 1.165) is 0 Å². The van der Waals surface area contributed by atoms with Crippen LogP contribution in [0, 0.1) is 5.92 Å². The van der Waals surface area contributed by atoms with Gasteiger partial charge >= 0.3 is 12.3 Å². The normalized spacial score (nSPS) is 26.3. The van der Waals surface area contributed by atoms with E-state index in [1.165, 1.54) is 12.4 Å². The van der Waals surface area contributed by atoms with Crippen LogP contribution in [0.25, 0.3) is 0 Å². The first kappa shape index (κ1) is 15.4. The number of aromatic nitrogens is 1. The molecule has 0 aliphatic heterocycles. The molecule has 1 aromatic heterocycles. The Kier molecular flexibility index (Phi) is 4.24. The third-order valence-electron chi connectivity index (χ3n) is 3.82. The average Bonchev–Trinajstić information content (AvgIpc) is 2.37. The number of pyridine rings is 1. The first-order valence-electron chi connectivity index (χ1n) is 6.53. The van der Waals surface area contributed by atoms with Crippen LogP contribution in [0.5, 0.6) is 0 Å². The SMILES string of the molecule is Nc1cnccc1C1CC(NC(=O)O)CC(C(F)(F)F)C1. The number of nitrogens with zero attached hydrogens (tertiary/aromatic N) is 1. The predicted octanol–water partition coefficient (Wildman–Crippen LogP) is 2.75. The van der Waals surface area contributed by atoms with Crippen molar-refractivity contribution >= 4 is 11.8 Å². The maximum absolute atomic E-state index is 13.0. The first-order chi connectivity index (χ1) is 9.77. The molecule has 1 aliphatic rings. The van der Waals surface area contributed by atoms with Crippen molar-refractivity contribution in [1.29, 1.82) is 0 Å². The Labute approximate surface area is 119 Å². The van der Waals surface area contributed by atoms with Crippen LogP contribution in [-0.4, -0.2) is 28.4 Å². The van der Waals surface area contributed by atoms with Crippen molar-refractivity contribution in [3.63, 3.8) is 0 Å². The zero-order valence-corrected chi connectivity index (χ0v) is 11.1. The van der Waals surface area contributed by atoms with Gasteiger partial charge < -0.3 is 16.2 Å². The summed E-state index contributed by atoms with van der Waals surface area (Å²) in [7, 11) is 0. The molecule has 0 radical (unpaired) electrons. The molecule has 1 heterocycles. The van der Waals surface area contributed by atoms with E-state index in [0.29, 0.717) is 17.7 Å². The Hall–Kier alpha value is -1.99. The van der Waals surface area contributed by atoms with E-state index >= 15 is 0 Å². The standard InChI is InChI=1S/C13H16F3N3O2/c14-13(15,16)8-3-7(4-9(5-8)19-12(20)21)10-1-2-18-6-11(10)17/h1-2,6-9,19H,3-5,17H2,(H,20,21). The maximum Gasteiger partial charge on any atom is 0.404 e. The Morgan fingerprint density at radius 3 is 2.67 bits per heavy atom. The Morgan fingerprint density at radius 1 is 1.38 bits per heavy atom. The number of amides is 1. The summed E-state index contributed by atoms with van der Waals surface area (Å²) >= 11 is 0. The van der Waals surface area contributed by atoms with Crippen molar-refractivity contribution in [2.45, 2.75) is 37.4 Å². The van der Waals surface area contributed by atoms with Crippen molar-refractivity contribution in [2.75, 3.05) is 5.73 Å². The number of anilines is 1. The van der Waals surface area contributed by atoms with Gasteiger partial charge in [-0.2, -0.15) is 13.2 Å². The molecule has 0 saturated heterocycles. The van der Waals surface area contributed by atoms with E-state index in [2.05, 4.69) is 10.3 Å². The quantitative estimate of drug-likeness (QED) is 0.784. The fourth-order valence-corrected chi connectivity index (χ4v) is 2.92. The van der Waals surface area contributed by atoms with Crippen LogP contribution >= 0.6 is 0 Å².